The number of hydrogen-bond acceptors (Lipinski definition) is 8. The Kier molecular flexibility index (Phi) is 5.47. The van der Waals surface area contributed by atoms with E-state index in [4.69, 9.17) is 14.2 Å². The van der Waals surface area contributed by atoms with Gasteiger partial charge in [0.15, 0.2) is 11.5 Å². The third-order valence-corrected chi connectivity index (χ3v) is 4.60. The second kappa shape index (κ2) is 7.96. The SMILES string of the molecule is COc1cccc(-c2nc(COC(=O)C3=NNC(=O)CC3)cs2)c1OC. The van der Waals surface area contributed by atoms with Gasteiger partial charge >= 0.3 is 5.97 Å². The van der Waals surface area contributed by atoms with Crippen LogP contribution in [0.4, 0.5) is 0 Å². The van der Waals surface area contributed by atoms with Crippen LogP contribution in [0.3, 0.4) is 0 Å². The molecule has 0 spiro atoms. The second-order valence-corrected chi connectivity index (χ2v) is 6.21. The summed E-state index contributed by atoms with van der Waals surface area (Å²) in [5.74, 6) is 0.446. The summed E-state index contributed by atoms with van der Waals surface area (Å²) in [5, 5.41) is 6.25. The Balaban J connectivity index is 1.69. The highest BCUT2D eigenvalue weighted by Gasteiger charge is 2.20. The summed E-state index contributed by atoms with van der Waals surface area (Å²) in [6, 6.07) is 5.55. The van der Waals surface area contributed by atoms with Crippen LogP contribution in [0.5, 0.6) is 11.5 Å². The Morgan fingerprint density at radius 2 is 2.12 bits per heavy atom. The van der Waals surface area contributed by atoms with Gasteiger partial charge in [0.2, 0.25) is 5.91 Å². The lowest BCUT2D eigenvalue weighted by molar-refractivity contribution is -0.137. The maximum Gasteiger partial charge on any atom is 0.354 e. The largest absolute Gasteiger partial charge is 0.493 e. The maximum atomic E-state index is 12.0. The first kappa shape index (κ1) is 17.9. The molecule has 1 aliphatic rings. The Morgan fingerprint density at radius 3 is 2.81 bits per heavy atom. The van der Waals surface area contributed by atoms with Crippen molar-refractivity contribution in [2.45, 2.75) is 19.4 Å². The molecule has 26 heavy (non-hydrogen) atoms. The first-order chi connectivity index (χ1) is 12.6. The number of esters is 1. The molecular formula is C17H17N3O5S. The first-order valence-electron chi connectivity index (χ1n) is 7.80. The monoisotopic (exact) mass is 375 g/mol. The molecule has 1 aliphatic heterocycles. The number of hydrogen-bond donors (Lipinski definition) is 1. The minimum Gasteiger partial charge on any atom is -0.493 e. The van der Waals surface area contributed by atoms with Crippen LogP contribution in [0.1, 0.15) is 18.5 Å². The molecule has 0 saturated carbocycles. The highest BCUT2D eigenvalue weighted by Crippen LogP contribution is 2.38. The summed E-state index contributed by atoms with van der Waals surface area (Å²) in [6.07, 6.45) is 0.498. The standard InChI is InChI=1S/C17H17N3O5S/c1-23-13-5-3-4-11(15(13)24-2)16-18-10(9-26-16)8-25-17(22)12-6-7-14(21)20-19-12/h3-5,9H,6-8H2,1-2H3,(H,20,21). The molecule has 8 nitrogen and oxygen atoms in total. The number of thiazole rings is 1. The van der Waals surface area contributed by atoms with Crippen molar-refractivity contribution in [1.29, 1.82) is 0 Å². The van der Waals surface area contributed by atoms with E-state index >= 15 is 0 Å². The van der Waals surface area contributed by atoms with E-state index in [-0.39, 0.29) is 31.1 Å². The average Bonchev–Trinajstić information content (AvgIpc) is 3.14. The summed E-state index contributed by atoms with van der Waals surface area (Å²) in [4.78, 5) is 27.5. The van der Waals surface area contributed by atoms with E-state index < -0.39 is 5.97 Å². The number of carbonyl (C=O) groups excluding carboxylic acids is 2. The molecule has 136 valence electrons. The molecule has 0 aliphatic carbocycles. The van der Waals surface area contributed by atoms with Crippen LogP contribution in [0.2, 0.25) is 0 Å². The van der Waals surface area contributed by atoms with Gasteiger partial charge in [0.1, 0.15) is 17.3 Å². The molecule has 2 aromatic rings. The highest BCUT2D eigenvalue weighted by molar-refractivity contribution is 7.13. The molecule has 0 unspecified atom stereocenters. The quantitative estimate of drug-likeness (QED) is 0.777. The molecule has 1 aromatic carbocycles. The summed E-state index contributed by atoms with van der Waals surface area (Å²) >= 11 is 1.41. The van der Waals surface area contributed by atoms with Crippen molar-refractivity contribution in [2.24, 2.45) is 5.10 Å². The smallest absolute Gasteiger partial charge is 0.354 e. The zero-order chi connectivity index (χ0) is 18.5. The van der Waals surface area contributed by atoms with E-state index in [1.54, 1.807) is 14.2 Å². The van der Waals surface area contributed by atoms with Crippen molar-refractivity contribution in [3.63, 3.8) is 0 Å². The molecule has 2 heterocycles. The number of para-hydroxylation sites is 1. The predicted molar refractivity (Wildman–Crippen MR) is 95.3 cm³/mol. The summed E-state index contributed by atoms with van der Waals surface area (Å²) in [5.41, 5.74) is 3.89. The number of nitrogens with zero attached hydrogens (tertiary/aromatic N) is 2. The Bertz CT molecular complexity index is 862. The zero-order valence-corrected chi connectivity index (χ0v) is 15.1. The van der Waals surface area contributed by atoms with Gasteiger partial charge < -0.3 is 14.2 Å². The summed E-state index contributed by atoms with van der Waals surface area (Å²) < 4.78 is 15.9. The van der Waals surface area contributed by atoms with Crippen LogP contribution in [0, 0.1) is 0 Å². The fourth-order valence-corrected chi connectivity index (χ4v) is 3.22. The van der Waals surface area contributed by atoms with Crippen molar-refractivity contribution in [3.8, 4) is 22.1 Å². The Hall–Kier alpha value is -2.94. The topological polar surface area (TPSA) is 99.1 Å². The highest BCUT2D eigenvalue weighted by atomic mass is 32.1. The third kappa shape index (κ3) is 3.83. The van der Waals surface area contributed by atoms with E-state index in [1.165, 1.54) is 11.3 Å². The second-order valence-electron chi connectivity index (χ2n) is 5.35. The number of hydrazone groups is 1. The van der Waals surface area contributed by atoms with Gasteiger partial charge in [-0.15, -0.1) is 11.3 Å². The molecule has 0 bridgehead atoms. The first-order valence-corrected chi connectivity index (χ1v) is 8.68. The number of amides is 1. The molecule has 1 aromatic heterocycles. The van der Waals surface area contributed by atoms with E-state index in [1.807, 2.05) is 23.6 Å². The third-order valence-electron chi connectivity index (χ3n) is 3.68. The maximum absolute atomic E-state index is 12.0. The van der Waals surface area contributed by atoms with E-state index in [0.717, 1.165) is 10.6 Å². The molecule has 1 amide bonds. The number of carbonyl (C=O) groups is 2. The summed E-state index contributed by atoms with van der Waals surface area (Å²) in [7, 11) is 3.14. The molecule has 0 saturated heterocycles. The molecule has 1 N–H and O–H groups in total. The van der Waals surface area contributed by atoms with Gasteiger partial charge in [-0.05, 0) is 12.1 Å². The molecule has 0 fully saturated rings. The minimum absolute atomic E-state index is 0.0224. The van der Waals surface area contributed by atoms with Crippen LogP contribution in [-0.4, -0.2) is 36.8 Å². The van der Waals surface area contributed by atoms with E-state index in [9.17, 15) is 9.59 Å². The summed E-state index contributed by atoms with van der Waals surface area (Å²) in [6.45, 7) is 0.0224. The normalized spacial score (nSPS) is 13.6. The molecule has 3 rings (SSSR count). The van der Waals surface area contributed by atoms with Crippen LogP contribution >= 0.6 is 11.3 Å². The fourth-order valence-electron chi connectivity index (χ4n) is 2.40. The van der Waals surface area contributed by atoms with Crippen molar-refractivity contribution in [1.82, 2.24) is 10.4 Å². The predicted octanol–water partition coefficient (Wildman–Crippen LogP) is 2.14. The number of nitrogens with one attached hydrogen (secondary N) is 1. The zero-order valence-electron chi connectivity index (χ0n) is 14.3. The van der Waals surface area contributed by atoms with Crippen molar-refractivity contribution in [3.05, 3.63) is 29.3 Å². The average molecular weight is 375 g/mol. The van der Waals surface area contributed by atoms with E-state index in [2.05, 4.69) is 15.5 Å². The van der Waals surface area contributed by atoms with Gasteiger partial charge in [0.05, 0.1) is 25.5 Å². The molecular weight excluding hydrogens is 358 g/mol. The van der Waals surface area contributed by atoms with Crippen LogP contribution in [0.15, 0.2) is 28.7 Å². The minimum atomic E-state index is -0.557. The lowest BCUT2D eigenvalue weighted by atomic mass is 10.2. The van der Waals surface area contributed by atoms with Gasteiger partial charge in [0.25, 0.3) is 0 Å². The molecule has 0 radical (unpaired) electrons. The van der Waals surface area contributed by atoms with E-state index in [0.29, 0.717) is 17.2 Å². The Labute approximate surface area is 153 Å². The number of aromatic nitrogens is 1. The van der Waals surface area contributed by atoms with Gasteiger partial charge in [-0.1, -0.05) is 6.07 Å². The fraction of sp³-hybridized carbons (Fsp3) is 0.294. The van der Waals surface area contributed by atoms with Gasteiger partial charge in [-0.2, -0.15) is 5.10 Å². The number of ether oxygens (including phenoxy) is 3. The van der Waals surface area contributed by atoms with Crippen LogP contribution in [-0.2, 0) is 20.9 Å². The van der Waals surface area contributed by atoms with Crippen LogP contribution in [0.25, 0.3) is 10.6 Å². The van der Waals surface area contributed by atoms with Gasteiger partial charge in [0, 0.05) is 18.2 Å². The van der Waals surface area contributed by atoms with Crippen molar-refractivity contribution in [2.75, 3.05) is 14.2 Å². The lowest BCUT2D eigenvalue weighted by Crippen LogP contribution is -2.30. The molecule has 0 atom stereocenters. The molecule has 9 heteroatoms. The van der Waals surface area contributed by atoms with Gasteiger partial charge in [-0.3, -0.25) is 4.79 Å². The number of rotatable bonds is 6. The Morgan fingerprint density at radius 1 is 1.27 bits per heavy atom. The van der Waals surface area contributed by atoms with Crippen molar-refractivity contribution >= 4 is 28.9 Å². The van der Waals surface area contributed by atoms with Crippen molar-refractivity contribution < 1.29 is 23.8 Å². The van der Waals surface area contributed by atoms with Crippen LogP contribution < -0.4 is 14.9 Å². The lowest BCUT2D eigenvalue weighted by Gasteiger charge is -2.11. The van der Waals surface area contributed by atoms with Gasteiger partial charge in [-0.25, -0.2) is 15.2 Å². The number of benzene rings is 1. The number of methoxy groups -OCH3 is 2.